The lowest BCUT2D eigenvalue weighted by molar-refractivity contribution is -0.124. The maximum absolute atomic E-state index is 11.7. The SMILES string of the molecule is CNC(=O)C1COCCN1c1nc(C(=O)O)co1. The summed E-state index contributed by atoms with van der Waals surface area (Å²) in [6.45, 7) is 1.06. The van der Waals surface area contributed by atoms with Crippen LogP contribution >= 0.6 is 0 Å². The summed E-state index contributed by atoms with van der Waals surface area (Å²) in [7, 11) is 1.52. The lowest BCUT2D eigenvalue weighted by atomic mass is 10.2. The molecule has 1 aromatic heterocycles. The molecule has 18 heavy (non-hydrogen) atoms. The number of ether oxygens (including phenoxy) is 1. The van der Waals surface area contributed by atoms with Crippen molar-refractivity contribution in [2.75, 3.05) is 31.7 Å². The number of carbonyl (C=O) groups is 2. The molecule has 1 saturated heterocycles. The van der Waals surface area contributed by atoms with Crippen LogP contribution in [0.15, 0.2) is 10.7 Å². The van der Waals surface area contributed by atoms with Crippen molar-refractivity contribution >= 4 is 17.9 Å². The van der Waals surface area contributed by atoms with Crippen LogP contribution in [-0.2, 0) is 9.53 Å². The fourth-order valence-electron chi connectivity index (χ4n) is 1.71. The second kappa shape index (κ2) is 5.05. The fraction of sp³-hybridized carbons (Fsp3) is 0.500. The maximum atomic E-state index is 11.7. The normalized spacial score (nSPS) is 19.6. The van der Waals surface area contributed by atoms with E-state index in [9.17, 15) is 9.59 Å². The maximum Gasteiger partial charge on any atom is 0.357 e. The van der Waals surface area contributed by atoms with E-state index in [1.54, 1.807) is 4.90 Å². The third-order valence-electron chi connectivity index (χ3n) is 2.63. The summed E-state index contributed by atoms with van der Waals surface area (Å²) in [6, 6.07) is -0.451. The molecule has 8 nitrogen and oxygen atoms in total. The fourth-order valence-corrected chi connectivity index (χ4v) is 1.71. The Morgan fingerprint density at radius 2 is 2.39 bits per heavy atom. The number of aromatic nitrogens is 1. The van der Waals surface area contributed by atoms with Crippen LogP contribution in [0.3, 0.4) is 0 Å². The van der Waals surface area contributed by atoms with Gasteiger partial charge in [-0.25, -0.2) is 4.79 Å². The van der Waals surface area contributed by atoms with Crippen molar-refractivity contribution in [3.63, 3.8) is 0 Å². The van der Waals surface area contributed by atoms with Crippen molar-refractivity contribution < 1.29 is 23.8 Å². The molecule has 0 spiro atoms. The van der Waals surface area contributed by atoms with Crippen molar-refractivity contribution in [3.8, 4) is 0 Å². The minimum Gasteiger partial charge on any atom is -0.476 e. The highest BCUT2D eigenvalue weighted by Gasteiger charge is 2.32. The number of carboxylic acid groups (broad SMARTS) is 1. The van der Waals surface area contributed by atoms with Gasteiger partial charge in [-0.1, -0.05) is 0 Å². The van der Waals surface area contributed by atoms with Crippen LogP contribution in [0.5, 0.6) is 0 Å². The van der Waals surface area contributed by atoms with Crippen molar-refractivity contribution in [2.24, 2.45) is 0 Å². The Morgan fingerprint density at radius 3 is 3.00 bits per heavy atom. The third kappa shape index (κ3) is 2.28. The standard InChI is InChI=1S/C10H13N3O5/c1-11-8(14)7-5-17-3-2-13(7)10-12-6(4-18-10)9(15)16/h4,7H,2-3,5H2,1H3,(H,11,14)(H,15,16). The molecule has 2 heterocycles. The van der Waals surface area contributed by atoms with Gasteiger partial charge >= 0.3 is 5.97 Å². The highest BCUT2D eigenvalue weighted by molar-refractivity contribution is 5.86. The number of likely N-dealkylation sites (N-methyl/N-ethyl adjacent to an activating group) is 1. The summed E-state index contributed by atoms with van der Waals surface area (Å²) < 4.78 is 10.3. The van der Waals surface area contributed by atoms with Crippen molar-refractivity contribution in [3.05, 3.63) is 12.0 Å². The number of oxazole rings is 1. The van der Waals surface area contributed by atoms with E-state index in [1.165, 1.54) is 7.05 Å². The number of hydrogen-bond donors (Lipinski definition) is 2. The topological polar surface area (TPSA) is 105 Å². The van der Waals surface area contributed by atoms with Crippen LogP contribution < -0.4 is 10.2 Å². The van der Waals surface area contributed by atoms with E-state index in [0.29, 0.717) is 13.2 Å². The summed E-state index contributed by atoms with van der Waals surface area (Å²) >= 11 is 0. The summed E-state index contributed by atoms with van der Waals surface area (Å²) in [5.41, 5.74) is -0.188. The van der Waals surface area contributed by atoms with Crippen LogP contribution in [0.1, 0.15) is 10.5 Å². The molecule has 0 radical (unpaired) electrons. The van der Waals surface area contributed by atoms with E-state index >= 15 is 0 Å². The molecule has 1 fully saturated rings. The number of amides is 1. The van der Waals surface area contributed by atoms with E-state index in [4.69, 9.17) is 14.3 Å². The van der Waals surface area contributed by atoms with Gasteiger partial charge in [-0.05, 0) is 0 Å². The van der Waals surface area contributed by atoms with E-state index in [1.807, 2.05) is 0 Å². The number of morpholine rings is 1. The number of anilines is 1. The van der Waals surface area contributed by atoms with Crippen LogP contribution in [0, 0.1) is 0 Å². The van der Waals surface area contributed by atoms with E-state index in [0.717, 1.165) is 6.26 Å². The zero-order valence-corrected chi connectivity index (χ0v) is 9.75. The number of carbonyl (C=O) groups excluding carboxylic acids is 1. The molecule has 2 N–H and O–H groups in total. The predicted octanol–water partition coefficient (Wildman–Crippen LogP) is -0.676. The second-order valence-corrected chi connectivity index (χ2v) is 3.72. The Morgan fingerprint density at radius 1 is 1.61 bits per heavy atom. The zero-order valence-electron chi connectivity index (χ0n) is 9.75. The molecule has 1 atom stereocenters. The molecule has 1 aliphatic rings. The van der Waals surface area contributed by atoms with Crippen LogP contribution in [-0.4, -0.2) is 54.8 Å². The van der Waals surface area contributed by atoms with E-state index in [-0.39, 0.29) is 24.2 Å². The highest BCUT2D eigenvalue weighted by atomic mass is 16.5. The molecule has 0 aliphatic carbocycles. The summed E-state index contributed by atoms with van der Waals surface area (Å²) in [5.74, 6) is -1.40. The van der Waals surface area contributed by atoms with E-state index in [2.05, 4.69) is 10.3 Å². The quantitative estimate of drug-likeness (QED) is 0.737. The monoisotopic (exact) mass is 255 g/mol. The Labute approximate surface area is 103 Å². The van der Waals surface area contributed by atoms with Gasteiger partial charge in [-0.3, -0.25) is 4.79 Å². The molecular weight excluding hydrogens is 242 g/mol. The first kappa shape index (κ1) is 12.4. The molecule has 8 heteroatoms. The average molecular weight is 255 g/mol. The summed E-state index contributed by atoms with van der Waals surface area (Å²) in [6.07, 6.45) is 1.05. The molecule has 98 valence electrons. The molecule has 1 amide bonds. The van der Waals surface area contributed by atoms with Crippen LogP contribution in [0.25, 0.3) is 0 Å². The number of rotatable bonds is 3. The Balaban J connectivity index is 2.22. The van der Waals surface area contributed by atoms with Gasteiger partial charge in [-0.15, -0.1) is 0 Å². The van der Waals surface area contributed by atoms with Crippen molar-refractivity contribution in [2.45, 2.75) is 6.04 Å². The molecule has 1 unspecified atom stereocenters. The molecule has 2 rings (SSSR count). The lowest BCUT2D eigenvalue weighted by Gasteiger charge is -2.32. The predicted molar refractivity (Wildman–Crippen MR) is 59.5 cm³/mol. The Bertz CT molecular complexity index is 458. The first-order valence-electron chi connectivity index (χ1n) is 5.38. The molecule has 1 aliphatic heterocycles. The zero-order chi connectivity index (χ0) is 13.1. The molecule has 0 aromatic carbocycles. The largest absolute Gasteiger partial charge is 0.476 e. The molecule has 0 saturated carbocycles. The van der Waals surface area contributed by atoms with Gasteiger partial charge in [0.25, 0.3) is 6.01 Å². The first-order chi connectivity index (χ1) is 8.63. The van der Waals surface area contributed by atoms with Crippen LogP contribution in [0.4, 0.5) is 6.01 Å². The first-order valence-corrected chi connectivity index (χ1v) is 5.38. The van der Waals surface area contributed by atoms with Crippen molar-refractivity contribution in [1.29, 1.82) is 0 Å². The number of hydrogen-bond acceptors (Lipinski definition) is 6. The van der Waals surface area contributed by atoms with Crippen LogP contribution in [0.2, 0.25) is 0 Å². The molecule has 1 aromatic rings. The number of nitrogens with one attached hydrogen (secondary N) is 1. The van der Waals surface area contributed by atoms with E-state index < -0.39 is 12.0 Å². The molecule has 0 bridgehead atoms. The minimum atomic E-state index is -1.17. The minimum absolute atomic E-state index is 0.115. The highest BCUT2D eigenvalue weighted by Crippen LogP contribution is 2.19. The summed E-state index contributed by atoms with van der Waals surface area (Å²) in [4.78, 5) is 27.8. The molecular formula is C10H13N3O5. The van der Waals surface area contributed by atoms with Gasteiger partial charge in [0.1, 0.15) is 12.3 Å². The van der Waals surface area contributed by atoms with Gasteiger partial charge < -0.3 is 24.5 Å². The van der Waals surface area contributed by atoms with Gasteiger partial charge in [0.15, 0.2) is 5.69 Å². The lowest BCUT2D eigenvalue weighted by Crippen LogP contribution is -2.53. The van der Waals surface area contributed by atoms with Gasteiger partial charge in [0.2, 0.25) is 5.91 Å². The number of aromatic carboxylic acids is 1. The average Bonchev–Trinajstić information content (AvgIpc) is 2.87. The Hall–Kier alpha value is -2.09. The van der Waals surface area contributed by atoms with Gasteiger partial charge in [-0.2, -0.15) is 4.98 Å². The van der Waals surface area contributed by atoms with Gasteiger partial charge in [0, 0.05) is 13.6 Å². The van der Waals surface area contributed by atoms with Gasteiger partial charge in [0.05, 0.1) is 13.2 Å². The van der Waals surface area contributed by atoms with Crippen molar-refractivity contribution in [1.82, 2.24) is 10.3 Å². The number of carboxylic acids is 1. The third-order valence-corrected chi connectivity index (χ3v) is 2.63. The number of nitrogens with zero attached hydrogens (tertiary/aromatic N) is 2. The summed E-state index contributed by atoms with van der Waals surface area (Å²) in [5, 5.41) is 11.3. The Kier molecular flexibility index (Phi) is 3.47. The second-order valence-electron chi connectivity index (χ2n) is 3.72. The smallest absolute Gasteiger partial charge is 0.357 e.